The summed E-state index contributed by atoms with van der Waals surface area (Å²) >= 11 is 6.46. The van der Waals surface area contributed by atoms with Gasteiger partial charge in [-0.3, -0.25) is 9.78 Å². The Hall–Kier alpha value is -2.11. The normalized spacial score (nSPS) is 21.0. The zero-order valence-electron chi connectivity index (χ0n) is 20.4. The Labute approximate surface area is 209 Å². The summed E-state index contributed by atoms with van der Waals surface area (Å²) in [6, 6.07) is 6.48. The molecule has 3 heterocycles. The summed E-state index contributed by atoms with van der Waals surface area (Å²) in [6.45, 7) is 8.14. The Morgan fingerprint density at radius 3 is 2.59 bits per heavy atom. The lowest BCUT2D eigenvalue weighted by Gasteiger charge is -2.38. The summed E-state index contributed by atoms with van der Waals surface area (Å²) in [6.07, 6.45) is 11.5. The number of benzene rings is 1. The second kappa shape index (κ2) is 10.3. The number of carbonyl (C=O) groups excluding carboxylic acids is 1. The van der Waals surface area contributed by atoms with E-state index in [0.29, 0.717) is 24.2 Å². The molecule has 1 aromatic carbocycles. The summed E-state index contributed by atoms with van der Waals surface area (Å²) in [4.78, 5) is 20.2. The van der Waals surface area contributed by atoms with Gasteiger partial charge < -0.3 is 10.2 Å². The van der Waals surface area contributed by atoms with Gasteiger partial charge in [-0.1, -0.05) is 42.1 Å². The number of rotatable bonds is 4. The van der Waals surface area contributed by atoms with Crippen LogP contribution in [-0.4, -0.2) is 49.2 Å². The first-order chi connectivity index (χ1) is 16.5. The van der Waals surface area contributed by atoms with Gasteiger partial charge in [-0.15, -0.1) is 0 Å². The van der Waals surface area contributed by atoms with Crippen molar-refractivity contribution in [2.45, 2.75) is 51.8 Å². The standard InChI is InChI=1S/C28H35BClN3O/c1-18-13-24(30)16-21-3-4-22-15-23(29-2)17-32-28(22)27(26(18)21)20-7-11-33(12-8-20)25(34)14-19-5-9-31-10-6-19/h3-4,13,15-17,19-20,27,29,31H,5-12,14H2,1-2H3. The SMILES string of the molecule is CBc1cnc2c(c1)C=Cc1cc(Cl)cc(C)c1C2C1CCN(C(=O)CC2CCNCC2)CC1. The van der Waals surface area contributed by atoms with E-state index in [-0.39, 0.29) is 5.92 Å². The third-order valence-electron chi connectivity index (χ3n) is 8.13. The molecule has 0 saturated carbocycles. The number of likely N-dealkylation sites (tertiary alicyclic amines) is 1. The smallest absolute Gasteiger partial charge is 0.222 e. The topological polar surface area (TPSA) is 45.2 Å². The van der Waals surface area contributed by atoms with Crippen LogP contribution in [0.3, 0.4) is 0 Å². The van der Waals surface area contributed by atoms with Gasteiger partial charge in [0.25, 0.3) is 0 Å². The quantitative estimate of drug-likeness (QED) is 0.667. The number of piperidine rings is 2. The molecule has 1 atom stereocenters. The predicted octanol–water partition coefficient (Wildman–Crippen LogP) is 4.40. The number of amides is 1. The minimum absolute atomic E-state index is 0.227. The van der Waals surface area contributed by atoms with Gasteiger partial charge in [-0.05, 0) is 91.9 Å². The molecule has 34 heavy (non-hydrogen) atoms. The molecule has 1 aliphatic carbocycles. The summed E-state index contributed by atoms with van der Waals surface area (Å²) in [5.74, 6) is 1.58. The Kier molecular flexibility index (Phi) is 7.12. The van der Waals surface area contributed by atoms with Crippen LogP contribution in [0.1, 0.15) is 66.0 Å². The van der Waals surface area contributed by atoms with Crippen LogP contribution in [0, 0.1) is 18.8 Å². The number of carbonyl (C=O) groups is 1. The van der Waals surface area contributed by atoms with Crippen molar-refractivity contribution in [1.82, 2.24) is 15.2 Å². The summed E-state index contributed by atoms with van der Waals surface area (Å²) in [7, 11) is 0.980. The molecular weight excluding hydrogens is 441 g/mol. The van der Waals surface area contributed by atoms with Crippen molar-refractivity contribution in [3.8, 4) is 0 Å². The molecule has 3 aliphatic rings. The van der Waals surface area contributed by atoms with E-state index in [0.717, 1.165) is 64.2 Å². The zero-order valence-corrected chi connectivity index (χ0v) is 21.2. The van der Waals surface area contributed by atoms with E-state index >= 15 is 0 Å². The minimum Gasteiger partial charge on any atom is -0.343 e. The molecule has 2 aliphatic heterocycles. The molecule has 0 spiro atoms. The highest BCUT2D eigenvalue weighted by molar-refractivity contribution is 6.51. The molecule has 1 aromatic heterocycles. The highest BCUT2D eigenvalue weighted by Gasteiger charge is 2.35. The van der Waals surface area contributed by atoms with Gasteiger partial charge in [-0.2, -0.15) is 0 Å². The number of pyridine rings is 1. The van der Waals surface area contributed by atoms with Gasteiger partial charge in [-0.25, -0.2) is 0 Å². The molecule has 0 bridgehead atoms. The molecule has 5 rings (SSSR count). The van der Waals surface area contributed by atoms with Crippen LogP contribution in [-0.2, 0) is 4.79 Å². The third-order valence-corrected chi connectivity index (χ3v) is 8.35. The first kappa shape index (κ1) is 23.6. The van der Waals surface area contributed by atoms with Crippen LogP contribution >= 0.6 is 11.6 Å². The Morgan fingerprint density at radius 1 is 1.12 bits per heavy atom. The Morgan fingerprint density at radius 2 is 1.85 bits per heavy atom. The van der Waals surface area contributed by atoms with Crippen molar-refractivity contribution in [3.63, 3.8) is 0 Å². The van der Waals surface area contributed by atoms with Gasteiger partial charge >= 0.3 is 0 Å². The molecule has 1 unspecified atom stereocenters. The van der Waals surface area contributed by atoms with Gasteiger partial charge in [0.05, 0.1) is 5.69 Å². The van der Waals surface area contributed by atoms with E-state index in [9.17, 15) is 4.79 Å². The van der Waals surface area contributed by atoms with Gasteiger partial charge in [0.2, 0.25) is 5.91 Å². The molecule has 2 saturated heterocycles. The van der Waals surface area contributed by atoms with E-state index < -0.39 is 0 Å². The van der Waals surface area contributed by atoms with Crippen LogP contribution in [0.15, 0.2) is 24.4 Å². The van der Waals surface area contributed by atoms with Crippen molar-refractivity contribution in [3.05, 3.63) is 57.4 Å². The number of nitrogens with zero attached hydrogens (tertiary/aromatic N) is 2. The van der Waals surface area contributed by atoms with Crippen molar-refractivity contribution < 1.29 is 4.79 Å². The maximum atomic E-state index is 13.0. The average Bonchev–Trinajstić information content (AvgIpc) is 3.01. The van der Waals surface area contributed by atoms with Crippen LogP contribution in [0.5, 0.6) is 0 Å². The lowest BCUT2D eigenvalue weighted by Crippen LogP contribution is -2.41. The monoisotopic (exact) mass is 475 g/mol. The summed E-state index contributed by atoms with van der Waals surface area (Å²) in [5, 5.41) is 4.19. The molecule has 4 nitrogen and oxygen atoms in total. The largest absolute Gasteiger partial charge is 0.343 e. The molecule has 178 valence electrons. The number of aryl methyl sites for hydroxylation is 1. The number of fused-ring (bicyclic) bond motifs is 2. The first-order valence-electron chi connectivity index (χ1n) is 13.0. The number of hydrogen-bond acceptors (Lipinski definition) is 3. The Bertz CT molecular complexity index is 1090. The minimum atomic E-state index is 0.227. The summed E-state index contributed by atoms with van der Waals surface area (Å²) in [5.41, 5.74) is 7.46. The second-order valence-corrected chi connectivity index (χ2v) is 10.8. The molecule has 1 N–H and O–H groups in total. The van der Waals surface area contributed by atoms with E-state index in [4.69, 9.17) is 16.6 Å². The fourth-order valence-corrected chi connectivity index (χ4v) is 6.47. The average molecular weight is 476 g/mol. The fourth-order valence-electron chi connectivity index (χ4n) is 6.19. The van der Waals surface area contributed by atoms with E-state index in [1.165, 1.54) is 33.4 Å². The molecule has 0 radical (unpaired) electrons. The van der Waals surface area contributed by atoms with E-state index in [1.54, 1.807) is 0 Å². The van der Waals surface area contributed by atoms with Crippen LogP contribution in [0.2, 0.25) is 11.8 Å². The number of aromatic nitrogens is 1. The summed E-state index contributed by atoms with van der Waals surface area (Å²) < 4.78 is 0. The van der Waals surface area contributed by atoms with E-state index in [2.05, 4.69) is 54.3 Å². The lowest BCUT2D eigenvalue weighted by molar-refractivity contribution is -0.133. The van der Waals surface area contributed by atoms with Crippen LogP contribution in [0.4, 0.5) is 0 Å². The number of nitrogens with one attached hydrogen (secondary N) is 1. The zero-order chi connectivity index (χ0) is 23.7. The maximum Gasteiger partial charge on any atom is 0.222 e. The van der Waals surface area contributed by atoms with Crippen molar-refractivity contribution >= 4 is 42.4 Å². The Balaban J connectivity index is 1.40. The molecule has 1 amide bonds. The molecular formula is C28H35BClN3O. The predicted molar refractivity (Wildman–Crippen MR) is 143 cm³/mol. The maximum absolute atomic E-state index is 13.0. The van der Waals surface area contributed by atoms with E-state index in [1.807, 2.05) is 6.20 Å². The van der Waals surface area contributed by atoms with Gasteiger partial charge in [0, 0.05) is 36.6 Å². The van der Waals surface area contributed by atoms with Crippen LogP contribution in [0.25, 0.3) is 12.2 Å². The van der Waals surface area contributed by atoms with Gasteiger partial charge in [0.1, 0.15) is 0 Å². The van der Waals surface area contributed by atoms with Crippen molar-refractivity contribution in [2.75, 3.05) is 26.2 Å². The van der Waals surface area contributed by atoms with Gasteiger partial charge in [0.15, 0.2) is 7.28 Å². The molecule has 6 heteroatoms. The van der Waals surface area contributed by atoms with Crippen LogP contribution < -0.4 is 10.8 Å². The fraction of sp³-hybridized carbons (Fsp3) is 0.500. The first-order valence-corrected chi connectivity index (χ1v) is 13.4. The second-order valence-electron chi connectivity index (χ2n) is 10.3. The molecule has 2 fully saturated rings. The number of halogens is 1. The van der Waals surface area contributed by atoms with Crippen molar-refractivity contribution in [1.29, 1.82) is 0 Å². The van der Waals surface area contributed by atoms with Crippen molar-refractivity contribution in [2.24, 2.45) is 11.8 Å². The third kappa shape index (κ3) is 4.83. The number of hydrogen-bond donors (Lipinski definition) is 1. The highest BCUT2D eigenvalue weighted by Crippen LogP contribution is 2.44. The lowest BCUT2D eigenvalue weighted by atomic mass is 9.72. The molecule has 2 aromatic rings. The highest BCUT2D eigenvalue weighted by atomic mass is 35.5.